The molecule has 1 N–H and O–H groups in total. The van der Waals surface area contributed by atoms with Crippen LogP contribution < -0.4 is 5.56 Å². The SMILES string of the molecule is N#Cc1cccc(-c2n[nH]c(=O)c3ccsc23)c1. The Bertz CT molecular complexity index is 826. The molecule has 0 aliphatic carbocycles. The third-order valence-corrected chi connectivity index (χ3v) is 3.58. The van der Waals surface area contributed by atoms with Gasteiger partial charge in [0, 0.05) is 5.56 Å². The number of nitriles is 1. The van der Waals surface area contributed by atoms with Gasteiger partial charge in [-0.2, -0.15) is 10.4 Å². The molecule has 0 saturated heterocycles. The fourth-order valence-corrected chi connectivity index (χ4v) is 2.72. The van der Waals surface area contributed by atoms with Gasteiger partial charge >= 0.3 is 0 Å². The van der Waals surface area contributed by atoms with Crippen molar-refractivity contribution in [2.75, 3.05) is 0 Å². The van der Waals surface area contributed by atoms with Gasteiger partial charge in [0.15, 0.2) is 0 Å². The number of fused-ring (bicyclic) bond motifs is 1. The summed E-state index contributed by atoms with van der Waals surface area (Å²) in [5, 5.41) is 18.0. The third-order valence-electron chi connectivity index (χ3n) is 2.66. The highest BCUT2D eigenvalue weighted by atomic mass is 32.1. The second-order valence-corrected chi connectivity index (χ2v) is 4.67. The van der Waals surface area contributed by atoms with Crippen molar-refractivity contribution in [3.63, 3.8) is 0 Å². The number of hydrogen-bond acceptors (Lipinski definition) is 4. The molecule has 0 radical (unpaired) electrons. The summed E-state index contributed by atoms with van der Waals surface area (Å²) in [5.41, 5.74) is 1.92. The standard InChI is InChI=1S/C13H7N3OS/c14-7-8-2-1-3-9(6-8)11-12-10(4-5-18-12)13(17)16-15-11/h1-6H,(H,16,17). The average molecular weight is 253 g/mol. The van der Waals surface area contributed by atoms with Crippen molar-refractivity contribution in [3.05, 3.63) is 51.6 Å². The molecule has 5 heteroatoms. The summed E-state index contributed by atoms with van der Waals surface area (Å²) in [6.45, 7) is 0. The van der Waals surface area contributed by atoms with Crippen LogP contribution in [-0.2, 0) is 0 Å². The van der Waals surface area contributed by atoms with Crippen LogP contribution in [0.5, 0.6) is 0 Å². The van der Waals surface area contributed by atoms with Crippen LogP contribution in [0.25, 0.3) is 21.3 Å². The number of H-pyrrole nitrogens is 1. The number of aromatic amines is 1. The lowest BCUT2D eigenvalue weighted by Crippen LogP contribution is -2.07. The van der Waals surface area contributed by atoms with Gasteiger partial charge in [-0.1, -0.05) is 12.1 Å². The fourth-order valence-electron chi connectivity index (χ4n) is 1.82. The van der Waals surface area contributed by atoms with Gasteiger partial charge in [0.1, 0.15) is 5.69 Å². The van der Waals surface area contributed by atoms with Crippen LogP contribution in [-0.4, -0.2) is 10.2 Å². The molecule has 0 spiro atoms. The van der Waals surface area contributed by atoms with Gasteiger partial charge in [0.25, 0.3) is 5.56 Å². The molecule has 86 valence electrons. The van der Waals surface area contributed by atoms with Crippen LogP contribution in [0.3, 0.4) is 0 Å². The predicted octanol–water partition coefficient (Wildman–Crippen LogP) is 2.52. The highest BCUT2D eigenvalue weighted by molar-refractivity contribution is 7.17. The normalized spacial score (nSPS) is 10.4. The van der Waals surface area contributed by atoms with Gasteiger partial charge in [-0.3, -0.25) is 4.79 Å². The van der Waals surface area contributed by atoms with E-state index in [1.54, 1.807) is 24.3 Å². The Balaban J connectivity index is 2.32. The lowest BCUT2D eigenvalue weighted by atomic mass is 10.1. The Morgan fingerprint density at radius 3 is 3.06 bits per heavy atom. The number of hydrogen-bond donors (Lipinski definition) is 1. The summed E-state index contributed by atoms with van der Waals surface area (Å²) in [6.07, 6.45) is 0. The topological polar surface area (TPSA) is 69.5 Å². The fraction of sp³-hybridized carbons (Fsp3) is 0. The largest absolute Gasteiger partial charge is 0.272 e. The molecule has 0 aliphatic heterocycles. The number of benzene rings is 1. The highest BCUT2D eigenvalue weighted by Crippen LogP contribution is 2.28. The van der Waals surface area contributed by atoms with Crippen LogP contribution in [0.4, 0.5) is 0 Å². The first-order chi connectivity index (χ1) is 8.79. The van der Waals surface area contributed by atoms with Crippen LogP contribution in [0.1, 0.15) is 5.56 Å². The summed E-state index contributed by atoms with van der Waals surface area (Å²) in [7, 11) is 0. The first-order valence-electron chi connectivity index (χ1n) is 5.26. The molecule has 0 bridgehead atoms. The minimum atomic E-state index is -0.188. The second-order valence-electron chi connectivity index (χ2n) is 3.76. The lowest BCUT2D eigenvalue weighted by Gasteiger charge is -2.01. The molecule has 2 heterocycles. The third kappa shape index (κ3) is 1.60. The van der Waals surface area contributed by atoms with Crippen molar-refractivity contribution in [3.8, 4) is 17.3 Å². The van der Waals surface area contributed by atoms with Gasteiger partial charge < -0.3 is 0 Å². The van der Waals surface area contributed by atoms with E-state index in [0.717, 1.165) is 10.3 Å². The van der Waals surface area contributed by atoms with Crippen LogP contribution in [0.15, 0.2) is 40.5 Å². The van der Waals surface area contributed by atoms with Gasteiger partial charge in [0.05, 0.1) is 21.7 Å². The molecule has 0 unspecified atom stereocenters. The molecule has 0 amide bonds. The van der Waals surface area contributed by atoms with E-state index in [1.165, 1.54) is 11.3 Å². The Morgan fingerprint density at radius 1 is 1.33 bits per heavy atom. The summed E-state index contributed by atoms with van der Waals surface area (Å²) in [4.78, 5) is 11.6. The molecule has 18 heavy (non-hydrogen) atoms. The molecule has 0 atom stereocenters. The Kier molecular flexibility index (Phi) is 2.43. The molecule has 3 aromatic rings. The van der Waals surface area contributed by atoms with Crippen LogP contribution in [0.2, 0.25) is 0 Å². The maximum Gasteiger partial charge on any atom is 0.272 e. The van der Waals surface area contributed by atoms with E-state index in [-0.39, 0.29) is 5.56 Å². The Morgan fingerprint density at radius 2 is 2.22 bits per heavy atom. The molecule has 0 fully saturated rings. The Hall–Kier alpha value is -2.45. The Labute approximate surface area is 106 Å². The molecule has 0 saturated carbocycles. The maximum absolute atomic E-state index is 11.6. The number of thiophene rings is 1. The summed E-state index contributed by atoms with van der Waals surface area (Å²) in [6, 6.07) is 11.1. The van der Waals surface area contributed by atoms with E-state index in [9.17, 15) is 4.79 Å². The lowest BCUT2D eigenvalue weighted by molar-refractivity contribution is 1.02. The second kappa shape index (κ2) is 4.09. The number of nitrogens with zero attached hydrogens (tertiary/aromatic N) is 2. The number of aromatic nitrogens is 2. The van der Waals surface area contributed by atoms with Crippen LogP contribution in [0, 0.1) is 11.3 Å². The van der Waals surface area contributed by atoms with E-state index in [1.807, 2.05) is 11.4 Å². The molecule has 4 nitrogen and oxygen atoms in total. The van der Waals surface area contributed by atoms with Crippen molar-refractivity contribution in [1.82, 2.24) is 10.2 Å². The quantitative estimate of drug-likeness (QED) is 0.724. The highest BCUT2D eigenvalue weighted by Gasteiger charge is 2.10. The summed E-state index contributed by atoms with van der Waals surface area (Å²) >= 11 is 1.47. The van der Waals surface area contributed by atoms with Gasteiger partial charge in [-0.25, -0.2) is 5.10 Å². The van der Waals surface area contributed by atoms with E-state index in [0.29, 0.717) is 16.6 Å². The maximum atomic E-state index is 11.6. The molecule has 0 aliphatic rings. The summed E-state index contributed by atoms with van der Waals surface area (Å²) in [5.74, 6) is 0. The zero-order valence-corrected chi connectivity index (χ0v) is 9.99. The molecule has 3 rings (SSSR count). The molecule has 1 aromatic carbocycles. The van der Waals surface area contributed by atoms with E-state index in [4.69, 9.17) is 5.26 Å². The van der Waals surface area contributed by atoms with Gasteiger partial charge in [0.2, 0.25) is 0 Å². The molecule has 2 aromatic heterocycles. The number of nitrogens with one attached hydrogen (secondary N) is 1. The average Bonchev–Trinajstić information content (AvgIpc) is 2.89. The van der Waals surface area contributed by atoms with Crippen molar-refractivity contribution < 1.29 is 0 Å². The minimum absolute atomic E-state index is 0.188. The predicted molar refractivity (Wildman–Crippen MR) is 70.4 cm³/mol. The van der Waals surface area contributed by atoms with E-state index < -0.39 is 0 Å². The van der Waals surface area contributed by atoms with Crippen molar-refractivity contribution >= 4 is 21.4 Å². The van der Waals surface area contributed by atoms with Crippen molar-refractivity contribution in [2.24, 2.45) is 0 Å². The smallest absolute Gasteiger partial charge is 0.267 e. The first kappa shape index (κ1) is 10.7. The minimum Gasteiger partial charge on any atom is -0.267 e. The van der Waals surface area contributed by atoms with Crippen molar-refractivity contribution in [2.45, 2.75) is 0 Å². The van der Waals surface area contributed by atoms with E-state index >= 15 is 0 Å². The van der Waals surface area contributed by atoms with Crippen molar-refractivity contribution in [1.29, 1.82) is 5.26 Å². The monoisotopic (exact) mass is 253 g/mol. The number of rotatable bonds is 1. The van der Waals surface area contributed by atoms with Gasteiger partial charge in [-0.15, -0.1) is 11.3 Å². The van der Waals surface area contributed by atoms with Gasteiger partial charge in [-0.05, 0) is 23.6 Å². The zero-order chi connectivity index (χ0) is 12.5. The molecular formula is C13H7N3OS. The van der Waals surface area contributed by atoms with Crippen LogP contribution >= 0.6 is 11.3 Å². The zero-order valence-electron chi connectivity index (χ0n) is 9.18. The van der Waals surface area contributed by atoms with E-state index in [2.05, 4.69) is 16.3 Å². The summed E-state index contributed by atoms with van der Waals surface area (Å²) < 4.78 is 0.842. The molecular weight excluding hydrogens is 246 g/mol. The first-order valence-corrected chi connectivity index (χ1v) is 6.14.